The van der Waals surface area contributed by atoms with Crippen molar-refractivity contribution >= 4 is 0 Å². The molecule has 0 aliphatic carbocycles. The molecule has 19 heavy (non-hydrogen) atoms. The first-order valence-corrected chi connectivity index (χ1v) is 6.94. The van der Waals surface area contributed by atoms with E-state index in [-0.39, 0.29) is 24.2 Å². The van der Waals surface area contributed by atoms with Crippen LogP contribution in [-0.4, -0.2) is 30.1 Å². The maximum Gasteiger partial charge on any atom is 0.285 e. The van der Waals surface area contributed by atoms with E-state index in [9.17, 15) is 8.78 Å². The van der Waals surface area contributed by atoms with Gasteiger partial charge < -0.3 is 5.73 Å². The topological polar surface area (TPSA) is 29.3 Å². The minimum Gasteiger partial charge on any atom is -0.327 e. The number of benzene rings is 1. The molecule has 1 fully saturated rings. The number of likely N-dealkylation sites (tertiary alicyclic amines) is 1. The van der Waals surface area contributed by atoms with Crippen LogP contribution in [0.25, 0.3) is 0 Å². The highest BCUT2D eigenvalue weighted by molar-refractivity contribution is 5.20. The predicted octanol–water partition coefficient (Wildman–Crippen LogP) is 2.98. The van der Waals surface area contributed by atoms with Gasteiger partial charge in [-0.15, -0.1) is 0 Å². The van der Waals surface area contributed by atoms with Crippen LogP contribution in [0.2, 0.25) is 0 Å². The minimum absolute atomic E-state index is 0.0631. The quantitative estimate of drug-likeness (QED) is 0.909. The molecule has 106 valence electrons. The van der Waals surface area contributed by atoms with Gasteiger partial charge in [-0.05, 0) is 26.3 Å². The Kier molecular flexibility index (Phi) is 4.53. The smallest absolute Gasteiger partial charge is 0.285 e. The molecule has 2 N–H and O–H groups in total. The first kappa shape index (κ1) is 14.4. The first-order valence-electron chi connectivity index (χ1n) is 6.94. The lowest BCUT2D eigenvalue weighted by Gasteiger charge is -2.39. The summed E-state index contributed by atoms with van der Waals surface area (Å²) in [5.41, 5.74) is 6.02. The van der Waals surface area contributed by atoms with E-state index in [1.54, 1.807) is 18.2 Å². The molecule has 1 heterocycles. The summed E-state index contributed by atoms with van der Waals surface area (Å²) in [7, 11) is 0. The zero-order valence-electron chi connectivity index (χ0n) is 11.4. The third-order valence-corrected chi connectivity index (χ3v) is 3.87. The van der Waals surface area contributed by atoms with Crippen molar-refractivity contribution in [2.24, 2.45) is 5.73 Å². The molecule has 0 bridgehead atoms. The number of nitrogens with two attached hydrogens (primary N) is 1. The summed E-state index contributed by atoms with van der Waals surface area (Å²) in [4.78, 5) is 1.86. The minimum atomic E-state index is -2.81. The highest BCUT2D eigenvalue weighted by atomic mass is 19.3. The van der Waals surface area contributed by atoms with E-state index in [0.29, 0.717) is 6.54 Å². The van der Waals surface area contributed by atoms with Gasteiger partial charge in [0.25, 0.3) is 5.92 Å². The summed E-state index contributed by atoms with van der Waals surface area (Å²) in [5.74, 6) is -2.81. The summed E-state index contributed by atoms with van der Waals surface area (Å²) in [5, 5.41) is 0. The van der Waals surface area contributed by atoms with Gasteiger partial charge in [-0.1, -0.05) is 36.8 Å². The summed E-state index contributed by atoms with van der Waals surface area (Å²) >= 11 is 0. The fourth-order valence-corrected chi connectivity index (χ4v) is 2.84. The lowest BCUT2D eigenvalue weighted by molar-refractivity contribution is -0.0565. The van der Waals surface area contributed by atoms with E-state index >= 15 is 0 Å². The lowest BCUT2D eigenvalue weighted by Crippen LogP contribution is -2.52. The van der Waals surface area contributed by atoms with Crippen LogP contribution < -0.4 is 5.73 Å². The van der Waals surface area contributed by atoms with Gasteiger partial charge in [0.15, 0.2) is 0 Å². The summed E-state index contributed by atoms with van der Waals surface area (Å²) < 4.78 is 28.6. The Balaban J connectivity index is 2.10. The molecule has 1 aromatic carbocycles. The molecule has 1 aliphatic rings. The van der Waals surface area contributed by atoms with Gasteiger partial charge in [-0.2, -0.15) is 8.78 Å². The average Bonchev–Trinajstić information content (AvgIpc) is 2.39. The third-order valence-electron chi connectivity index (χ3n) is 3.87. The van der Waals surface area contributed by atoms with Crippen molar-refractivity contribution in [3.63, 3.8) is 0 Å². The van der Waals surface area contributed by atoms with E-state index in [0.717, 1.165) is 19.3 Å². The SMILES string of the molecule is CC(N)C1CCCCN1CC(F)(F)c1ccccc1. The van der Waals surface area contributed by atoms with Crippen molar-refractivity contribution < 1.29 is 8.78 Å². The highest BCUT2D eigenvalue weighted by Crippen LogP contribution is 2.31. The highest BCUT2D eigenvalue weighted by Gasteiger charge is 2.37. The number of hydrogen-bond acceptors (Lipinski definition) is 2. The molecule has 1 saturated heterocycles. The number of piperidine rings is 1. The molecule has 2 rings (SSSR count). The number of hydrogen-bond donors (Lipinski definition) is 1. The van der Waals surface area contributed by atoms with Crippen LogP contribution in [0.3, 0.4) is 0 Å². The van der Waals surface area contributed by atoms with Crippen molar-refractivity contribution in [3.05, 3.63) is 35.9 Å². The molecule has 0 saturated carbocycles. The van der Waals surface area contributed by atoms with Crippen LogP contribution in [0, 0.1) is 0 Å². The van der Waals surface area contributed by atoms with Crippen molar-refractivity contribution in [2.75, 3.05) is 13.1 Å². The predicted molar refractivity (Wildman–Crippen MR) is 73.2 cm³/mol. The summed E-state index contributed by atoms with van der Waals surface area (Å²) in [6, 6.07) is 8.06. The van der Waals surface area contributed by atoms with Gasteiger partial charge in [0, 0.05) is 17.6 Å². The molecule has 0 aromatic heterocycles. The van der Waals surface area contributed by atoms with Crippen LogP contribution in [0.15, 0.2) is 30.3 Å². The second-order valence-electron chi connectivity index (χ2n) is 5.46. The van der Waals surface area contributed by atoms with Gasteiger partial charge >= 0.3 is 0 Å². The second kappa shape index (κ2) is 5.97. The zero-order chi connectivity index (χ0) is 13.9. The van der Waals surface area contributed by atoms with Crippen molar-refractivity contribution in [1.29, 1.82) is 0 Å². The van der Waals surface area contributed by atoms with Crippen LogP contribution >= 0.6 is 0 Å². The van der Waals surface area contributed by atoms with Gasteiger partial charge in [-0.25, -0.2) is 0 Å². The summed E-state index contributed by atoms with van der Waals surface area (Å²) in [6.07, 6.45) is 2.98. The molecule has 0 radical (unpaired) electrons. The molecule has 1 aromatic rings. The van der Waals surface area contributed by atoms with Crippen molar-refractivity contribution in [1.82, 2.24) is 4.90 Å². The standard InChI is InChI=1S/C15H22F2N2/c1-12(18)14-9-5-6-10-19(14)11-15(16,17)13-7-3-2-4-8-13/h2-4,7-8,12,14H,5-6,9-11,18H2,1H3. The van der Waals surface area contributed by atoms with E-state index < -0.39 is 5.92 Å². The number of nitrogens with zero attached hydrogens (tertiary/aromatic N) is 1. The number of halogens is 2. The van der Waals surface area contributed by atoms with E-state index in [1.165, 1.54) is 12.1 Å². The number of rotatable bonds is 4. The molecular weight excluding hydrogens is 246 g/mol. The Morgan fingerprint density at radius 3 is 2.63 bits per heavy atom. The molecule has 0 amide bonds. The molecule has 2 atom stereocenters. The molecule has 1 aliphatic heterocycles. The molecule has 2 nitrogen and oxygen atoms in total. The van der Waals surface area contributed by atoms with Crippen LogP contribution in [0.1, 0.15) is 31.7 Å². The fourth-order valence-electron chi connectivity index (χ4n) is 2.84. The summed E-state index contributed by atoms with van der Waals surface area (Å²) in [6.45, 7) is 2.39. The molecule has 0 spiro atoms. The number of alkyl halides is 2. The molecule has 2 unspecified atom stereocenters. The van der Waals surface area contributed by atoms with E-state index in [1.807, 2.05) is 11.8 Å². The average molecular weight is 268 g/mol. The van der Waals surface area contributed by atoms with Crippen molar-refractivity contribution in [2.45, 2.75) is 44.2 Å². The Hall–Kier alpha value is -1.00. The Labute approximate surface area is 113 Å². The van der Waals surface area contributed by atoms with E-state index in [2.05, 4.69) is 0 Å². The molecule has 4 heteroatoms. The largest absolute Gasteiger partial charge is 0.327 e. The molecular formula is C15H22F2N2. The fraction of sp³-hybridized carbons (Fsp3) is 0.600. The second-order valence-corrected chi connectivity index (χ2v) is 5.46. The Morgan fingerprint density at radius 2 is 2.00 bits per heavy atom. The van der Waals surface area contributed by atoms with Gasteiger partial charge in [0.05, 0.1) is 6.54 Å². The maximum atomic E-state index is 14.3. The monoisotopic (exact) mass is 268 g/mol. The third kappa shape index (κ3) is 3.51. The van der Waals surface area contributed by atoms with Gasteiger partial charge in [0.2, 0.25) is 0 Å². The van der Waals surface area contributed by atoms with E-state index in [4.69, 9.17) is 5.73 Å². The lowest BCUT2D eigenvalue weighted by atomic mass is 9.95. The van der Waals surface area contributed by atoms with Crippen LogP contribution in [0.4, 0.5) is 8.78 Å². The first-order chi connectivity index (χ1) is 9.00. The Bertz CT molecular complexity index is 392. The van der Waals surface area contributed by atoms with Gasteiger partial charge in [-0.3, -0.25) is 4.90 Å². The van der Waals surface area contributed by atoms with Crippen molar-refractivity contribution in [3.8, 4) is 0 Å². The maximum absolute atomic E-state index is 14.3. The zero-order valence-corrected chi connectivity index (χ0v) is 11.4. The van der Waals surface area contributed by atoms with Gasteiger partial charge in [0.1, 0.15) is 0 Å². The normalized spacial score (nSPS) is 23.3. The van der Waals surface area contributed by atoms with Crippen LogP contribution in [-0.2, 0) is 5.92 Å². The van der Waals surface area contributed by atoms with Crippen LogP contribution in [0.5, 0.6) is 0 Å². The Morgan fingerprint density at radius 1 is 1.32 bits per heavy atom.